The van der Waals surface area contributed by atoms with Gasteiger partial charge in [-0.25, -0.2) is 4.39 Å². The summed E-state index contributed by atoms with van der Waals surface area (Å²) in [6, 6.07) is 5.63. The molecule has 0 radical (unpaired) electrons. The normalized spacial score (nSPS) is 12.9. The number of carbonyl (C=O) groups is 2. The van der Waals surface area contributed by atoms with Gasteiger partial charge in [-0.2, -0.15) is 0 Å². The average molecular weight is 253 g/mol. The number of carbonyl (C=O) groups excluding carboxylic acids is 1. The molecular formula is C13H16FNO3. The molecule has 1 atom stereocenters. The van der Waals surface area contributed by atoms with Crippen molar-refractivity contribution in [3.8, 4) is 0 Å². The third-order valence-corrected chi connectivity index (χ3v) is 2.51. The zero-order valence-electron chi connectivity index (χ0n) is 10.5. The van der Waals surface area contributed by atoms with Crippen molar-refractivity contribution < 1.29 is 19.1 Å². The third-order valence-electron chi connectivity index (χ3n) is 2.51. The Morgan fingerprint density at radius 1 is 1.28 bits per heavy atom. The summed E-state index contributed by atoms with van der Waals surface area (Å²) in [6.45, 7) is 4.94. The maximum absolute atomic E-state index is 13.3. The number of rotatable bonds is 3. The number of para-hydroxylation sites is 1. The molecule has 5 heteroatoms. The topological polar surface area (TPSA) is 66.4 Å². The molecule has 0 aromatic heterocycles. The van der Waals surface area contributed by atoms with Crippen molar-refractivity contribution in [3.63, 3.8) is 0 Å². The van der Waals surface area contributed by atoms with E-state index in [2.05, 4.69) is 5.32 Å². The molecule has 0 fully saturated rings. The van der Waals surface area contributed by atoms with Gasteiger partial charge >= 0.3 is 5.97 Å². The summed E-state index contributed by atoms with van der Waals surface area (Å²) in [5.74, 6) is -3.78. The molecule has 1 aromatic rings. The number of halogens is 1. The van der Waals surface area contributed by atoms with Gasteiger partial charge in [-0.05, 0) is 17.5 Å². The minimum Gasteiger partial charge on any atom is -0.481 e. The predicted molar refractivity (Wildman–Crippen MR) is 65.6 cm³/mol. The fourth-order valence-corrected chi connectivity index (χ4v) is 1.64. The lowest BCUT2D eigenvalue weighted by Crippen LogP contribution is -2.39. The molecule has 1 rings (SSSR count). The van der Waals surface area contributed by atoms with Crippen LogP contribution in [0.25, 0.3) is 0 Å². The van der Waals surface area contributed by atoms with Gasteiger partial charge in [-0.3, -0.25) is 9.59 Å². The van der Waals surface area contributed by atoms with E-state index in [9.17, 15) is 14.0 Å². The smallest absolute Gasteiger partial charge is 0.316 e. The van der Waals surface area contributed by atoms with Gasteiger partial charge in [0.2, 0.25) is 5.91 Å². The van der Waals surface area contributed by atoms with Gasteiger partial charge in [0.25, 0.3) is 0 Å². The highest BCUT2D eigenvalue weighted by Gasteiger charge is 2.37. The number of anilines is 1. The molecule has 0 bridgehead atoms. The zero-order valence-corrected chi connectivity index (χ0v) is 10.5. The van der Waals surface area contributed by atoms with Crippen LogP contribution in [0.3, 0.4) is 0 Å². The summed E-state index contributed by atoms with van der Waals surface area (Å²) >= 11 is 0. The molecule has 1 aromatic carbocycles. The number of carboxylic acid groups (broad SMARTS) is 1. The SMILES string of the molecule is CC(C)(C)C(C(=O)O)C(=O)Nc1ccccc1F. The Kier molecular flexibility index (Phi) is 4.06. The van der Waals surface area contributed by atoms with Crippen LogP contribution in [-0.2, 0) is 9.59 Å². The van der Waals surface area contributed by atoms with E-state index in [1.54, 1.807) is 26.8 Å². The number of aliphatic carboxylic acids is 1. The van der Waals surface area contributed by atoms with Crippen molar-refractivity contribution in [2.45, 2.75) is 20.8 Å². The number of amides is 1. The Bertz CT molecular complexity index is 466. The largest absolute Gasteiger partial charge is 0.481 e. The summed E-state index contributed by atoms with van der Waals surface area (Å²) < 4.78 is 13.3. The molecule has 2 N–H and O–H groups in total. The zero-order chi connectivity index (χ0) is 13.9. The van der Waals surface area contributed by atoms with Crippen LogP contribution >= 0.6 is 0 Å². The molecule has 18 heavy (non-hydrogen) atoms. The number of hydrogen-bond donors (Lipinski definition) is 2. The molecule has 0 saturated heterocycles. The Morgan fingerprint density at radius 2 is 1.83 bits per heavy atom. The molecule has 4 nitrogen and oxygen atoms in total. The van der Waals surface area contributed by atoms with Crippen molar-refractivity contribution in [1.29, 1.82) is 0 Å². The lowest BCUT2D eigenvalue weighted by molar-refractivity contribution is -0.149. The van der Waals surface area contributed by atoms with Crippen molar-refractivity contribution >= 4 is 17.6 Å². The van der Waals surface area contributed by atoms with E-state index in [1.165, 1.54) is 18.2 Å². The van der Waals surface area contributed by atoms with Crippen LogP contribution in [-0.4, -0.2) is 17.0 Å². The lowest BCUT2D eigenvalue weighted by Gasteiger charge is -2.25. The monoisotopic (exact) mass is 253 g/mol. The highest BCUT2D eigenvalue weighted by atomic mass is 19.1. The summed E-state index contributed by atoms with van der Waals surface area (Å²) in [4.78, 5) is 23.0. The average Bonchev–Trinajstić information content (AvgIpc) is 2.18. The van der Waals surface area contributed by atoms with E-state index >= 15 is 0 Å². The maximum atomic E-state index is 13.3. The fourth-order valence-electron chi connectivity index (χ4n) is 1.64. The standard InChI is InChI=1S/C13H16FNO3/c1-13(2,3)10(12(17)18)11(16)15-9-7-5-4-6-8(9)14/h4-7,10H,1-3H3,(H,15,16)(H,17,18). The summed E-state index contributed by atoms with van der Waals surface area (Å²) in [5.41, 5.74) is -0.765. The predicted octanol–water partition coefficient (Wildman–Crippen LogP) is 2.51. The van der Waals surface area contributed by atoms with Gasteiger partial charge in [0.1, 0.15) is 11.7 Å². The minimum absolute atomic E-state index is 0.0157. The number of carboxylic acids is 1. The van der Waals surface area contributed by atoms with Gasteiger partial charge < -0.3 is 10.4 Å². The Balaban J connectivity index is 2.94. The molecule has 1 amide bonds. The van der Waals surface area contributed by atoms with Crippen LogP contribution in [0.2, 0.25) is 0 Å². The molecular weight excluding hydrogens is 237 g/mol. The number of hydrogen-bond acceptors (Lipinski definition) is 2. The Labute approximate surface area is 105 Å². The van der Waals surface area contributed by atoms with Crippen molar-refractivity contribution in [3.05, 3.63) is 30.1 Å². The van der Waals surface area contributed by atoms with Gasteiger partial charge in [0.05, 0.1) is 5.69 Å². The fraction of sp³-hybridized carbons (Fsp3) is 0.385. The summed E-state index contributed by atoms with van der Waals surface area (Å²) in [5, 5.41) is 11.4. The first-order chi connectivity index (χ1) is 8.23. The van der Waals surface area contributed by atoms with Crippen LogP contribution in [0, 0.1) is 17.2 Å². The summed E-state index contributed by atoms with van der Waals surface area (Å²) in [6.07, 6.45) is 0. The first-order valence-corrected chi connectivity index (χ1v) is 5.51. The van der Waals surface area contributed by atoms with Crippen LogP contribution < -0.4 is 5.32 Å². The van der Waals surface area contributed by atoms with Crippen LogP contribution in [0.5, 0.6) is 0 Å². The second kappa shape index (κ2) is 5.16. The van der Waals surface area contributed by atoms with E-state index < -0.39 is 29.0 Å². The van der Waals surface area contributed by atoms with E-state index in [0.29, 0.717) is 0 Å². The molecule has 0 aliphatic rings. The van der Waals surface area contributed by atoms with E-state index in [0.717, 1.165) is 0 Å². The van der Waals surface area contributed by atoms with Crippen molar-refractivity contribution in [1.82, 2.24) is 0 Å². The van der Waals surface area contributed by atoms with Gasteiger partial charge in [-0.15, -0.1) is 0 Å². The molecule has 1 unspecified atom stereocenters. The molecule has 0 aliphatic heterocycles. The van der Waals surface area contributed by atoms with Crippen LogP contribution in [0.1, 0.15) is 20.8 Å². The number of benzene rings is 1. The third kappa shape index (κ3) is 3.29. The number of nitrogens with one attached hydrogen (secondary N) is 1. The minimum atomic E-state index is -1.24. The molecule has 0 heterocycles. The Morgan fingerprint density at radius 3 is 2.28 bits per heavy atom. The highest BCUT2D eigenvalue weighted by Crippen LogP contribution is 2.27. The van der Waals surface area contributed by atoms with Crippen molar-refractivity contribution in [2.24, 2.45) is 11.3 Å². The molecule has 98 valence electrons. The Hall–Kier alpha value is -1.91. The van der Waals surface area contributed by atoms with Gasteiger partial charge in [0, 0.05) is 0 Å². The van der Waals surface area contributed by atoms with E-state index in [1.807, 2.05) is 0 Å². The molecule has 0 saturated carbocycles. The molecule has 0 aliphatic carbocycles. The first-order valence-electron chi connectivity index (χ1n) is 5.51. The lowest BCUT2D eigenvalue weighted by atomic mass is 9.80. The maximum Gasteiger partial charge on any atom is 0.316 e. The van der Waals surface area contributed by atoms with Gasteiger partial charge in [-0.1, -0.05) is 32.9 Å². The van der Waals surface area contributed by atoms with E-state index in [4.69, 9.17) is 5.11 Å². The quantitative estimate of drug-likeness (QED) is 0.813. The summed E-state index contributed by atoms with van der Waals surface area (Å²) in [7, 11) is 0. The second-order valence-corrected chi connectivity index (χ2v) is 5.11. The highest BCUT2D eigenvalue weighted by molar-refractivity contribution is 6.04. The van der Waals surface area contributed by atoms with Gasteiger partial charge in [0.15, 0.2) is 0 Å². The molecule has 0 spiro atoms. The van der Waals surface area contributed by atoms with Crippen molar-refractivity contribution in [2.75, 3.05) is 5.32 Å². The second-order valence-electron chi connectivity index (χ2n) is 5.11. The van der Waals surface area contributed by atoms with E-state index in [-0.39, 0.29) is 5.69 Å². The van der Waals surface area contributed by atoms with Crippen LogP contribution in [0.4, 0.5) is 10.1 Å². The first kappa shape index (κ1) is 14.2. The van der Waals surface area contributed by atoms with Crippen LogP contribution in [0.15, 0.2) is 24.3 Å².